The molecule has 40 nitrogen and oxygen atoms in total. The number of nitrogens with two attached hydrogens (primary N) is 2. The van der Waals surface area contributed by atoms with Crippen molar-refractivity contribution in [3.05, 3.63) is 163 Å². The number of aliphatic imine (C=N–C) groups is 1. The van der Waals surface area contributed by atoms with Crippen LogP contribution in [0.3, 0.4) is 0 Å². The summed E-state index contributed by atoms with van der Waals surface area (Å²) in [6.07, 6.45) is 24.9. The minimum atomic E-state index is -0.725. The highest BCUT2D eigenvalue weighted by Gasteiger charge is 2.31. The number of pyridine rings is 7. The molecular weight excluding hydrogens is 1890 g/mol. The van der Waals surface area contributed by atoms with Gasteiger partial charge in [0.1, 0.15) is 64.7 Å². The molecule has 5 aliphatic rings. The second kappa shape index (κ2) is 51.8. The van der Waals surface area contributed by atoms with Gasteiger partial charge in [0, 0.05) is 95.4 Å². The van der Waals surface area contributed by atoms with Crippen LogP contribution in [-0.2, 0) is 61.6 Å². The number of carbonyl (C=O) groups excluding carboxylic acids is 4. The van der Waals surface area contributed by atoms with Gasteiger partial charge in [0.2, 0.25) is 6.08 Å². The zero-order chi connectivity index (χ0) is 92.2. The zero-order valence-electron chi connectivity index (χ0n) is 72.2. The minimum absolute atomic E-state index is 0.00335. The average molecular weight is 1990 g/mol. The highest BCUT2D eigenvalue weighted by Crippen LogP contribution is 2.39. The van der Waals surface area contributed by atoms with Crippen LogP contribution in [0.2, 0.25) is 10.0 Å². The molecule has 5 atom stereocenters. The second-order valence-corrected chi connectivity index (χ2v) is 32.6. The number of aromatic nitrogens is 13. The van der Waals surface area contributed by atoms with Gasteiger partial charge in [-0.2, -0.15) is 25.4 Å². The summed E-state index contributed by atoms with van der Waals surface area (Å²) in [5.41, 5.74) is 16.2. The molecule has 0 saturated carbocycles. The lowest BCUT2D eigenvalue weighted by molar-refractivity contribution is -0.0936. The van der Waals surface area contributed by atoms with Crippen molar-refractivity contribution in [1.29, 1.82) is 0 Å². The van der Waals surface area contributed by atoms with Crippen molar-refractivity contribution in [2.75, 3.05) is 123 Å². The van der Waals surface area contributed by atoms with Gasteiger partial charge in [-0.25, -0.2) is 29.1 Å². The second-order valence-electron chi connectivity index (χ2n) is 29.2. The lowest BCUT2D eigenvalue weighted by atomic mass is 10.1. The molecule has 4 amide bonds. The summed E-state index contributed by atoms with van der Waals surface area (Å²) in [5, 5.41) is 32.8. The first-order valence-corrected chi connectivity index (χ1v) is 41.9. The Morgan fingerprint density at radius 3 is 1.18 bits per heavy atom. The maximum Gasteiger partial charge on any atom is 0.412 e. The first-order chi connectivity index (χ1) is 60.1. The van der Waals surface area contributed by atoms with Crippen molar-refractivity contribution in [2.24, 2.45) is 10.7 Å². The van der Waals surface area contributed by atoms with Crippen molar-refractivity contribution in [2.45, 2.75) is 148 Å². The fourth-order valence-corrected chi connectivity index (χ4v) is 13.2. The van der Waals surface area contributed by atoms with Crippen LogP contribution < -0.4 is 46.4 Å². The summed E-state index contributed by atoms with van der Waals surface area (Å²) < 4.78 is 87.7. The zero-order valence-corrected chi connectivity index (χ0v) is 78.4. The fraction of sp³-hybridized carbons (Fsp3) is 0.469. The Morgan fingerprint density at radius 2 is 0.825 bits per heavy atom. The fourth-order valence-electron chi connectivity index (χ4n) is 10.5. The van der Waals surface area contributed by atoms with Crippen molar-refractivity contribution in [3.63, 3.8) is 0 Å². The van der Waals surface area contributed by atoms with E-state index in [-0.39, 0.29) is 66.1 Å². The number of methoxy groups -OCH3 is 5. The van der Waals surface area contributed by atoms with Crippen LogP contribution in [0.5, 0.6) is 23.0 Å². The lowest BCUT2D eigenvalue weighted by Crippen LogP contribution is -2.39. The van der Waals surface area contributed by atoms with Gasteiger partial charge in [0.05, 0.1) is 216 Å². The number of carbonyl (C=O) groups is 3. The predicted molar refractivity (Wildman–Crippen MR) is 473 cm³/mol. The molecule has 14 heterocycles. The topological polar surface area (TPSA) is 488 Å². The summed E-state index contributed by atoms with van der Waals surface area (Å²) in [7, 11) is 8.17. The number of hydrogen-bond donors (Lipinski definition) is 6. The van der Waals surface area contributed by atoms with Gasteiger partial charge in [-0.15, -0.1) is 9.59 Å². The molecule has 684 valence electrons. The van der Waals surface area contributed by atoms with Crippen molar-refractivity contribution in [1.82, 2.24) is 64.9 Å². The number of hydrogen-bond acceptors (Lipinski definition) is 34. The number of urea groups is 1. The van der Waals surface area contributed by atoms with Gasteiger partial charge in [-0.1, -0.05) is 23.2 Å². The molecular formula is C81H104Br3Cl2N19O21. The summed E-state index contributed by atoms with van der Waals surface area (Å²) in [6, 6.07) is 2.54. The molecule has 5 fully saturated rings. The maximum absolute atomic E-state index is 12.6. The van der Waals surface area contributed by atoms with Gasteiger partial charge in [-0.3, -0.25) is 30.2 Å². The van der Waals surface area contributed by atoms with E-state index < -0.39 is 29.4 Å². The largest absolute Gasteiger partial charge is 0.484 e. The number of anilines is 4. The van der Waals surface area contributed by atoms with E-state index in [0.29, 0.717) is 134 Å². The number of nitrogens with one attached hydrogen (secondary N) is 3. The third-order valence-electron chi connectivity index (χ3n) is 17.3. The van der Waals surface area contributed by atoms with Gasteiger partial charge < -0.3 is 103 Å². The Kier molecular flexibility index (Phi) is 42.4. The molecule has 0 aliphatic carbocycles. The normalized spacial score (nSPS) is 15.2. The Hall–Kier alpha value is -9.90. The van der Waals surface area contributed by atoms with E-state index in [9.17, 15) is 19.2 Å². The van der Waals surface area contributed by atoms with Gasteiger partial charge in [0.25, 0.3) is 0 Å². The molecule has 0 radical (unpaired) electrons. The predicted octanol–water partition coefficient (Wildman–Crippen LogP) is 14.1. The number of amides is 4. The highest BCUT2D eigenvalue weighted by atomic mass is 79.9. The van der Waals surface area contributed by atoms with Crippen LogP contribution >= 0.6 is 71.0 Å². The molecule has 0 bridgehead atoms. The Bertz CT molecular complexity index is 4840. The van der Waals surface area contributed by atoms with E-state index in [4.69, 9.17) is 106 Å². The van der Waals surface area contributed by atoms with E-state index in [2.05, 4.69) is 133 Å². The van der Waals surface area contributed by atoms with Crippen LogP contribution in [0.15, 0.2) is 130 Å². The maximum atomic E-state index is 12.6. The van der Waals surface area contributed by atoms with E-state index >= 15 is 0 Å². The van der Waals surface area contributed by atoms with Crippen LogP contribution in [-0.4, -0.2) is 238 Å². The van der Waals surface area contributed by atoms with Crippen LogP contribution in [0, 0.1) is 0 Å². The molecule has 0 spiro atoms. The number of isocyanates is 1. The molecule has 45 heteroatoms. The summed E-state index contributed by atoms with van der Waals surface area (Å²) in [5.74, 6) is 3.27. The van der Waals surface area contributed by atoms with Crippen molar-refractivity contribution in [3.8, 4) is 34.6 Å². The third-order valence-corrected chi connectivity index (χ3v) is 19.7. The molecule has 5 unspecified atom stereocenters. The SMILES string of the molecule is CC(C)(C)OC(N)=O.COC(C)c1c(Br)cncc1Br.COC(C)c1c(Br)cncc1OC1COC1.COC(C)c1c(N)cncc1OC1COC1.COC(C)c1c(NC(=O)Nc2cnc(-n3nccn3)c(Cl)c2)cncc1OC1COC1.COC(C)c1c(NC(=O)OC(C)(C)C)cncc1OC1COC1.O=C=Nc1cnc(-n2nccn2)c(Cl)c1.OC1COC1. The van der Waals surface area contributed by atoms with Gasteiger partial charge in [-0.05, 0) is 136 Å². The van der Waals surface area contributed by atoms with Crippen molar-refractivity contribution >= 4 is 124 Å². The number of ether oxygens (including phenoxy) is 16. The Balaban J connectivity index is 0.000000206. The molecule has 8 N–H and O–H groups in total. The van der Waals surface area contributed by atoms with Crippen molar-refractivity contribution < 1.29 is 100 Å². The standard InChI is InChI=1S/C19H20ClN7O4.C16H24N2O5.C11H14BrNO3.C11H16N2O3.C8H9Br2NO.C8H4ClN5O.C5H11NO2.C3H6O2/c1-11(29-2)17-15(7-21-8-16(17)31-13-9-30-10-13)26-19(28)25-12-5-14(20)18(22-6-12)27-23-3-4-24-27;1-10(20-5)14-12(18-15(19)23-16(2,3)4)6-17-7-13(14)22-11-8-21-9-11;2*1-7(14-2)11-9(12)3-13-4-10(11)16-8-5-15-6-8;1-5(12-2)8-6(9)3-11-4-7(8)10;9-7-3-6(11-5-15)4-10-8(7)14-12-1-2-13-14;1-5(2,3)8-4(6)7;4-3-1-5-2-3/h3-8,11,13H,9-10H2,1-2H3,(H2,25,26,28);6-7,10-11H,8-9H2,1-5H3,(H,18,19);3-4,7-8H,5-6H2,1-2H3;3-4,7-8H,5-6,12H2,1-2H3;3-5H,1-2H3;1-4H;1-3H3,(H2,6,7);3-4H,1-2H2. The number of nitrogen functional groups attached to an aromatic ring is 1. The third kappa shape index (κ3) is 33.4. The molecule has 126 heavy (non-hydrogen) atoms. The van der Waals surface area contributed by atoms with E-state index in [1.165, 1.54) is 65.1 Å². The van der Waals surface area contributed by atoms with Crippen LogP contribution in [0.1, 0.15) is 134 Å². The molecule has 9 aromatic rings. The summed E-state index contributed by atoms with van der Waals surface area (Å²) in [4.78, 5) is 79.2. The van der Waals surface area contributed by atoms with E-state index in [1.54, 1.807) is 139 Å². The summed E-state index contributed by atoms with van der Waals surface area (Å²) in [6.45, 7) is 26.1. The Morgan fingerprint density at radius 1 is 0.484 bits per heavy atom. The van der Waals surface area contributed by atoms with Crippen LogP contribution in [0.25, 0.3) is 11.6 Å². The molecule has 5 aliphatic heterocycles. The molecule has 5 saturated heterocycles. The highest BCUT2D eigenvalue weighted by molar-refractivity contribution is 9.11. The lowest BCUT2D eigenvalue weighted by Gasteiger charge is -2.29. The van der Waals surface area contributed by atoms with Gasteiger partial charge >= 0.3 is 18.2 Å². The van der Waals surface area contributed by atoms with E-state index in [0.717, 1.165) is 41.4 Å². The number of rotatable bonds is 24. The number of primary amides is 1. The molecule has 14 rings (SSSR count). The van der Waals surface area contributed by atoms with E-state index in [1.807, 2.05) is 34.6 Å². The quantitative estimate of drug-likeness (QED) is 0.0242. The number of nitrogens with zero attached hydrogens (tertiary/aromatic N) is 14. The van der Waals surface area contributed by atoms with Gasteiger partial charge in [0.15, 0.2) is 11.6 Å². The average Bonchev–Trinajstić information content (AvgIpc) is 1.00. The first-order valence-electron chi connectivity index (χ1n) is 38.8. The summed E-state index contributed by atoms with van der Waals surface area (Å²) >= 11 is 22.5. The molecule has 9 aromatic heterocycles. The van der Waals surface area contributed by atoms with Crippen LogP contribution in [0.4, 0.5) is 42.8 Å². The minimum Gasteiger partial charge on any atom is -0.484 e. The Labute approximate surface area is 763 Å². The monoisotopic (exact) mass is 1990 g/mol. The number of halogens is 5. The number of aliphatic hydroxyl groups is 1. The first kappa shape index (κ1) is 103. The number of aliphatic hydroxyl groups excluding tert-OH is 1. The molecule has 0 aromatic carbocycles. The smallest absolute Gasteiger partial charge is 0.412 e.